The van der Waals surface area contributed by atoms with Crippen LogP contribution in [0.2, 0.25) is 0 Å². The van der Waals surface area contributed by atoms with Crippen molar-refractivity contribution in [3.8, 4) is 0 Å². The Kier molecular flexibility index (Phi) is 14.9. The van der Waals surface area contributed by atoms with Gasteiger partial charge in [0.05, 0.1) is 30.5 Å². The van der Waals surface area contributed by atoms with Gasteiger partial charge in [0.1, 0.15) is 30.6 Å². The van der Waals surface area contributed by atoms with E-state index in [0.717, 1.165) is 24.8 Å². The predicted octanol–water partition coefficient (Wildman–Crippen LogP) is 1.03. The fraction of sp³-hybridized carbons (Fsp3) is 0.786. The third-order valence-electron chi connectivity index (χ3n) is 14.1. The highest BCUT2D eigenvalue weighted by molar-refractivity contribution is 5.82. The van der Waals surface area contributed by atoms with E-state index in [0.29, 0.717) is 44.4 Å². The lowest BCUT2D eigenvalue weighted by molar-refractivity contribution is -0.384. The van der Waals surface area contributed by atoms with Crippen LogP contribution < -0.4 is 11.1 Å². The maximum Gasteiger partial charge on any atom is 0.335 e. The van der Waals surface area contributed by atoms with Gasteiger partial charge < -0.3 is 55.7 Å². The molecule has 16 heteroatoms. The van der Waals surface area contributed by atoms with Crippen molar-refractivity contribution in [2.24, 2.45) is 46.2 Å². The van der Waals surface area contributed by atoms with Crippen molar-refractivity contribution in [3.05, 3.63) is 30.3 Å². The van der Waals surface area contributed by atoms with Crippen LogP contribution in [0.1, 0.15) is 96.8 Å². The number of fused-ring (bicyclic) bond motifs is 1. The Morgan fingerprint density at radius 3 is 2.41 bits per heavy atom. The third kappa shape index (κ3) is 9.41. The number of amides is 1. The van der Waals surface area contributed by atoms with Crippen LogP contribution in [0.4, 0.5) is 0 Å². The topological polar surface area (TPSA) is 271 Å². The minimum atomic E-state index is -3.29. The summed E-state index contributed by atoms with van der Waals surface area (Å²) in [5.74, 6) is -3.15. The summed E-state index contributed by atoms with van der Waals surface area (Å²) in [6, 6.07) is 0. The van der Waals surface area contributed by atoms with Gasteiger partial charge in [-0.1, -0.05) is 38.3 Å². The van der Waals surface area contributed by atoms with Gasteiger partial charge in [-0.15, -0.1) is 4.99 Å². The summed E-state index contributed by atoms with van der Waals surface area (Å²) in [6.45, 7) is 3.80. The van der Waals surface area contributed by atoms with Gasteiger partial charge in [0.15, 0.2) is 36.1 Å². The Bertz CT molecular complexity index is 1510. The average molecular weight is 819 g/mol. The third-order valence-corrected chi connectivity index (χ3v) is 14.1. The molecule has 16 nitrogen and oxygen atoms in total. The second-order valence-corrected chi connectivity index (χ2v) is 17.8. The number of aldehydes is 1. The molecule has 6 aliphatic rings. The lowest BCUT2D eigenvalue weighted by Gasteiger charge is -2.55. The lowest BCUT2D eigenvalue weighted by atomic mass is 9.66. The largest absolute Gasteiger partial charge is 0.479 e. The van der Waals surface area contributed by atoms with E-state index in [1.54, 1.807) is 12.8 Å². The number of aliphatic imine (C=N–C) groups is 1. The maximum absolute atomic E-state index is 12.7. The Morgan fingerprint density at radius 1 is 1.05 bits per heavy atom. The molecule has 2 saturated heterocycles. The smallest absolute Gasteiger partial charge is 0.335 e. The highest BCUT2D eigenvalue weighted by Crippen LogP contribution is 2.47. The summed E-state index contributed by atoms with van der Waals surface area (Å²) in [7, 11) is 0. The molecule has 3 aliphatic carbocycles. The van der Waals surface area contributed by atoms with Gasteiger partial charge in [0.2, 0.25) is 5.91 Å². The Morgan fingerprint density at radius 2 is 1.78 bits per heavy atom. The van der Waals surface area contributed by atoms with Gasteiger partial charge in [-0.05, 0) is 81.5 Å². The lowest BCUT2D eigenvalue weighted by Crippen LogP contribution is -2.81. The number of aliphatic carboxylic acids is 1. The van der Waals surface area contributed by atoms with Crippen molar-refractivity contribution in [1.82, 2.24) is 5.32 Å². The van der Waals surface area contributed by atoms with Gasteiger partial charge in [-0.2, -0.15) is 0 Å². The van der Waals surface area contributed by atoms with Crippen molar-refractivity contribution < 1.29 is 64.3 Å². The number of allylic oxidation sites excluding steroid dienone is 3. The molecule has 6 rings (SSSR count). The molecule has 5 fully saturated rings. The number of carboxylic acid groups (broad SMARTS) is 1. The molecule has 0 aromatic rings. The van der Waals surface area contributed by atoms with Crippen molar-refractivity contribution in [2.75, 3.05) is 6.54 Å². The van der Waals surface area contributed by atoms with Crippen molar-refractivity contribution in [1.29, 1.82) is 0 Å². The molecule has 14 atom stereocenters. The molecule has 1 amide bonds. The van der Waals surface area contributed by atoms with Gasteiger partial charge >= 0.3 is 5.97 Å². The summed E-state index contributed by atoms with van der Waals surface area (Å²) in [4.78, 5) is 41.9. The number of carboxylic acids is 1. The van der Waals surface area contributed by atoms with Crippen LogP contribution in [0.25, 0.3) is 0 Å². The van der Waals surface area contributed by atoms with Crippen LogP contribution in [0.15, 0.2) is 28.8 Å². The summed E-state index contributed by atoms with van der Waals surface area (Å²) in [5, 5.41) is 81.4. The van der Waals surface area contributed by atoms with E-state index < -0.39 is 90.2 Å². The first-order chi connectivity index (χ1) is 27.7. The first kappa shape index (κ1) is 44.8. The number of hydrogen-bond donors (Lipinski definition) is 9. The second kappa shape index (κ2) is 19.3. The van der Waals surface area contributed by atoms with E-state index in [1.165, 1.54) is 19.3 Å². The van der Waals surface area contributed by atoms with E-state index in [1.807, 2.05) is 6.08 Å². The Balaban J connectivity index is 1.19. The van der Waals surface area contributed by atoms with Crippen molar-refractivity contribution >= 4 is 24.4 Å². The van der Waals surface area contributed by atoms with E-state index in [-0.39, 0.29) is 43.4 Å². The number of ether oxygens (including phenoxy) is 3. The first-order valence-corrected chi connectivity index (χ1v) is 21.2. The molecule has 14 unspecified atom stereocenters. The van der Waals surface area contributed by atoms with Gasteiger partial charge in [0, 0.05) is 31.2 Å². The molecule has 0 aromatic carbocycles. The first-order valence-electron chi connectivity index (χ1n) is 21.2. The molecule has 10 N–H and O–H groups in total. The van der Waals surface area contributed by atoms with Crippen LogP contribution in [0.5, 0.6) is 0 Å². The minimum Gasteiger partial charge on any atom is -0.479 e. The predicted molar refractivity (Wildman–Crippen MR) is 208 cm³/mol. The number of nitrogens with zero attached hydrogens (tertiary/aromatic N) is 1. The number of aliphatic hydroxyl groups is 6. The summed E-state index contributed by atoms with van der Waals surface area (Å²) < 4.78 is 18.1. The minimum absolute atomic E-state index is 0.0164. The molecule has 3 saturated carbocycles. The Labute approximate surface area is 339 Å². The number of hydrogen-bond acceptors (Lipinski definition) is 14. The molecular weight excluding hydrogens is 754 g/mol. The van der Waals surface area contributed by atoms with Gasteiger partial charge in [-0.3, -0.25) is 14.9 Å². The summed E-state index contributed by atoms with van der Waals surface area (Å²) in [6.07, 6.45) is 4.67. The number of nitrogens with one attached hydrogen (secondary N) is 1. The van der Waals surface area contributed by atoms with Crippen LogP contribution >= 0.6 is 0 Å². The molecule has 0 aromatic heterocycles. The fourth-order valence-electron chi connectivity index (χ4n) is 10.4. The van der Waals surface area contributed by atoms with Crippen molar-refractivity contribution in [3.63, 3.8) is 0 Å². The van der Waals surface area contributed by atoms with Crippen LogP contribution in [0, 0.1) is 42.1 Å². The van der Waals surface area contributed by atoms with E-state index in [4.69, 9.17) is 19.9 Å². The standard InChI is InChI=1S/C42H63N3O13/c1-23(6-5-9-24-7-3-2-4-8-24)27(18-25-16-17-44-20-25)21-45-39(53)42(55)40(58-35(38(51)52)36(49)41(42,54)22-46)56-29-14-15-30-31(19-29)57-34(37(43)50)32(33(30)48)26-10-12-28(47)13-11-26/h5,9,16-17,20,22-24,26-36,39-40,45,47-49,53-55H,2-4,6-8,10-15,18-19,21H2,1H3,(H2-,43,50,51,52)/p+1. The maximum atomic E-state index is 12.7. The van der Waals surface area contributed by atoms with E-state index in [2.05, 4.69) is 29.4 Å². The second-order valence-electron chi connectivity index (χ2n) is 17.8. The molecule has 58 heavy (non-hydrogen) atoms. The average Bonchev–Trinajstić information content (AvgIpc) is 3.73. The molecule has 0 bridgehead atoms. The molecule has 0 spiro atoms. The molecule has 324 valence electrons. The normalized spacial score (nSPS) is 41.2. The number of aliphatic hydroxyl groups excluding tert-OH is 4. The summed E-state index contributed by atoms with van der Waals surface area (Å²) in [5.41, 5.74) is 0.307. The molecular formula is C42H64N3O13+. The fourth-order valence-corrected chi connectivity index (χ4v) is 10.4. The number of rotatable bonds is 16. The zero-order chi connectivity index (χ0) is 41.8. The zero-order valence-electron chi connectivity index (χ0n) is 33.3. The van der Waals surface area contributed by atoms with Crippen LogP contribution in [-0.4, -0.2) is 133 Å². The monoisotopic (exact) mass is 818 g/mol. The van der Waals surface area contributed by atoms with Crippen LogP contribution in [0.3, 0.4) is 0 Å². The van der Waals surface area contributed by atoms with Gasteiger partial charge in [0.25, 0.3) is 0 Å². The van der Waals surface area contributed by atoms with Gasteiger partial charge in [-0.25, -0.2) is 4.79 Å². The van der Waals surface area contributed by atoms with E-state index >= 15 is 0 Å². The number of carbonyl (C=O) groups is 3. The zero-order valence-corrected chi connectivity index (χ0v) is 33.3. The summed E-state index contributed by atoms with van der Waals surface area (Å²) >= 11 is 0. The molecule has 3 heterocycles. The SMILES string of the molecule is CC(CC=CC1CCCCC1)C(CNC(O)C1(O)C(OC2CCC3C(C2)OC(C(N)=O)C(C2CCC(O)CC2)C3O)OC(C(=O)O)C(O)C1(O)C=O)CC1=C[CH+]N=C1. The van der Waals surface area contributed by atoms with Crippen molar-refractivity contribution in [2.45, 2.75) is 163 Å². The highest BCUT2D eigenvalue weighted by Gasteiger charge is 2.71. The molecule has 3 aliphatic heterocycles. The Hall–Kier alpha value is -2.77. The number of nitrogens with two attached hydrogens (primary N) is 1. The number of primary amides is 1. The van der Waals surface area contributed by atoms with Crippen LogP contribution in [-0.2, 0) is 28.6 Å². The van der Waals surface area contributed by atoms with E-state index in [9.17, 15) is 50.1 Å². The molecule has 0 radical (unpaired) electrons. The quantitative estimate of drug-likeness (QED) is 0.0456. The number of carbonyl (C=O) groups excluding carboxylic acids is 2. The highest BCUT2D eigenvalue weighted by atomic mass is 16.7.